The van der Waals surface area contributed by atoms with Gasteiger partial charge in [-0.25, -0.2) is 0 Å². The first-order chi connectivity index (χ1) is 7.33. The Labute approximate surface area is 96.2 Å². The van der Waals surface area contributed by atoms with Crippen LogP contribution in [-0.2, 0) is 0 Å². The smallest absolute Gasteiger partial charge is 0.120 e. The van der Waals surface area contributed by atoms with Gasteiger partial charge in [0, 0.05) is 4.90 Å². The molecule has 0 bridgehead atoms. The fourth-order valence-corrected chi connectivity index (χ4v) is 2.81. The van der Waals surface area contributed by atoms with Crippen molar-refractivity contribution >= 4 is 11.8 Å². The molecule has 0 heterocycles. The van der Waals surface area contributed by atoms with Crippen molar-refractivity contribution in [2.45, 2.75) is 36.5 Å². The molecule has 1 aliphatic rings. The molecule has 0 amide bonds. The van der Waals surface area contributed by atoms with Gasteiger partial charge in [-0.2, -0.15) is 0 Å². The molecule has 82 valence electrons. The van der Waals surface area contributed by atoms with Crippen molar-refractivity contribution in [3.8, 4) is 5.75 Å². The summed E-state index contributed by atoms with van der Waals surface area (Å²) in [5.41, 5.74) is 1.47. The first kappa shape index (κ1) is 10.9. The van der Waals surface area contributed by atoms with E-state index in [0.717, 1.165) is 11.7 Å². The van der Waals surface area contributed by atoms with Crippen LogP contribution in [0, 0.1) is 0 Å². The van der Waals surface area contributed by atoms with Crippen molar-refractivity contribution in [2.24, 2.45) is 0 Å². The number of thioether (sulfide) groups is 1. The molecule has 0 atom stereocenters. The van der Waals surface area contributed by atoms with Gasteiger partial charge in [-0.3, -0.25) is 0 Å². The highest BCUT2D eigenvalue weighted by molar-refractivity contribution is 7.98. The third kappa shape index (κ3) is 2.49. The number of rotatable bonds is 3. The molecule has 1 nitrogen and oxygen atoms in total. The second-order valence-electron chi connectivity index (χ2n) is 4.13. The van der Waals surface area contributed by atoms with Gasteiger partial charge in [-0.15, -0.1) is 11.8 Å². The summed E-state index contributed by atoms with van der Waals surface area (Å²) in [7, 11) is 1.75. The summed E-state index contributed by atoms with van der Waals surface area (Å²) in [6.45, 7) is 0. The normalized spacial score (nSPS) is 16.9. The maximum Gasteiger partial charge on any atom is 0.120 e. The van der Waals surface area contributed by atoms with Crippen molar-refractivity contribution in [2.75, 3.05) is 13.4 Å². The third-order valence-corrected chi connectivity index (χ3v) is 3.91. The Bertz CT molecular complexity index is 307. The number of hydrogen-bond donors (Lipinski definition) is 0. The van der Waals surface area contributed by atoms with Gasteiger partial charge >= 0.3 is 0 Å². The topological polar surface area (TPSA) is 9.23 Å². The molecule has 1 aromatic rings. The van der Waals surface area contributed by atoms with Crippen LogP contribution < -0.4 is 4.74 Å². The predicted octanol–water partition coefficient (Wildman–Crippen LogP) is 4.07. The van der Waals surface area contributed by atoms with Crippen molar-refractivity contribution in [3.05, 3.63) is 23.8 Å². The van der Waals surface area contributed by atoms with Gasteiger partial charge in [0.15, 0.2) is 0 Å². The summed E-state index contributed by atoms with van der Waals surface area (Å²) in [4.78, 5) is 1.32. The quantitative estimate of drug-likeness (QED) is 0.713. The molecule has 2 heteroatoms. The van der Waals surface area contributed by atoms with E-state index in [4.69, 9.17) is 4.74 Å². The van der Waals surface area contributed by atoms with Gasteiger partial charge in [0.1, 0.15) is 5.75 Å². The monoisotopic (exact) mass is 222 g/mol. The zero-order valence-electron chi connectivity index (χ0n) is 9.45. The van der Waals surface area contributed by atoms with Gasteiger partial charge in [0.2, 0.25) is 0 Å². The van der Waals surface area contributed by atoms with Gasteiger partial charge in [-0.05, 0) is 48.8 Å². The van der Waals surface area contributed by atoms with E-state index in [-0.39, 0.29) is 0 Å². The lowest BCUT2D eigenvalue weighted by atomic mass is 9.98. The Morgan fingerprint density at radius 2 is 1.93 bits per heavy atom. The molecule has 0 radical (unpaired) electrons. The summed E-state index contributed by atoms with van der Waals surface area (Å²) in [5.74, 6) is 1.77. The predicted molar refractivity (Wildman–Crippen MR) is 66.0 cm³/mol. The molecule has 1 aliphatic carbocycles. The van der Waals surface area contributed by atoms with E-state index in [1.165, 1.54) is 36.1 Å². The van der Waals surface area contributed by atoms with Crippen molar-refractivity contribution in [1.82, 2.24) is 0 Å². The van der Waals surface area contributed by atoms with Gasteiger partial charge in [-0.1, -0.05) is 12.8 Å². The van der Waals surface area contributed by atoms with Gasteiger partial charge in [0.25, 0.3) is 0 Å². The molecular formula is C13H18OS. The average molecular weight is 222 g/mol. The number of methoxy groups -OCH3 is 1. The Morgan fingerprint density at radius 1 is 1.20 bits per heavy atom. The van der Waals surface area contributed by atoms with Crippen LogP contribution in [0.2, 0.25) is 0 Å². The van der Waals surface area contributed by atoms with Crippen LogP contribution in [0.25, 0.3) is 0 Å². The zero-order chi connectivity index (χ0) is 10.7. The molecule has 0 saturated heterocycles. The summed E-state index contributed by atoms with van der Waals surface area (Å²) in [6.07, 6.45) is 7.59. The van der Waals surface area contributed by atoms with Crippen LogP contribution in [0.3, 0.4) is 0 Å². The molecule has 2 rings (SSSR count). The van der Waals surface area contributed by atoms with Crippen LogP contribution in [0.1, 0.15) is 37.2 Å². The van der Waals surface area contributed by atoms with E-state index in [1.807, 2.05) is 0 Å². The fourth-order valence-electron chi connectivity index (χ4n) is 2.32. The van der Waals surface area contributed by atoms with Crippen LogP contribution in [0.4, 0.5) is 0 Å². The second-order valence-corrected chi connectivity index (χ2v) is 5.01. The maximum absolute atomic E-state index is 5.34. The van der Waals surface area contributed by atoms with Crippen molar-refractivity contribution in [1.29, 1.82) is 0 Å². The molecule has 0 aliphatic heterocycles. The Balaban J connectivity index is 2.28. The summed E-state index contributed by atoms with van der Waals surface area (Å²) >= 11 is 1.79. The van der Waals surface area contributed by atoms with E-state index in [0.29, 0.717) is 0 Å². The Morgan fingerprint density at radius 3 is 2.53 bits per heavy atom. The highest BCUT2D eigenvalue weighted by Crippen LogP contribution is 2.37. The highest BCUT2D eigenvalue weighted by atomic mass is 32.2. The van der Waals surface area contributed by atoms with E-state index in [2.05, 4.69) is 24.5 Å². The van der Waals surface area contributed by atoms with E-state index >= 15 is 0 Å². The molecule has 0 unspecified atom stereocenters. The van der Waals surface area contributed by atoms with E-state index in [1.54, 1.807) is 18.9 Å². The Hall–Kier alpha value is -0.630. The largest absolute Gasteiger partial charge is 0.497 e. The minimum absolute atomic E-state index is 0.769. The lowest BCUT2D eigenvalue weighted by Crippen LogP contribution is -1.94. The second kappa shape index (κ2) is 4.93. The molecule has 1 aromatic carbocycles. The van der Waals surface area contributed by atoms with Gasteiger partial charge < -0.3 is 4.74 Å². The third-order valence-electron chi connectivity index (χ3n) is 3.20. The summed E-state index contributed by atoms with van der Waals surface area (Å²) in [5, 5.41) is 0. The molecule has 0 aromatic heterocycles. The first-order valence-corrected chi connectivity index (χ1v) is 6.79. The number of benzene rings is 1. The lowest BCUT2D eigenvalue weighted by Gasteiger charge is -2.12. The SMILES string of the molecule is COc1cc(SC)cc(C2CCCC2)c1. The number of ether oxygens (including phenoxy) is 1. The minimum Gasteiger partial charge on any atom is -0.497 e. The van der Waals surface area contributed by atoms with Crippen LogP contribution >= 0.6 is 11.8 Å². The standard InChI is InChI=1S/C13H18OS/c1-14-12-7-11(8-13(9-12)15-2)10-5-3-4-6-10/h7-10H,3-6H2,1-2H3. The van der Waals surface area contributed by atoms with Crippen molar-refractivity contribution in [3.63, 3.8) is 0 Å². The molecule has 15 heavy (non-hydrogen) atoms. The highest BCUT2D eigenvalue weighted by Gasteiger charge is 2.18. The van der Waals surface area contributed by atoms with Gasteiger partial charge in [0.05, 0.1) is 7.11 Å². The minimum atomic E-state index is 0.769. The van der Waals surface area contributed by atoms with E-state index < -0.39 is 0 Å². The van der Waals surface area contributed by atoms with E-state index in [9.17, 15) is 0 Å². The zero-order valence-corrected chi connectivity index (χ0v) is 10.3. The molecular weight excluding hydrogens is 204 g/mol. The fraction of sp³-hybridized carbons (Fsp3) is 0.538. The number of hydrogen-bond acceptors (Lipinski definition) is 2. The van der Waals surface area contributed by atoms with Crippen LogP contribution in [0.5, 0.6) is 5.75 Å². The average Bonchev–Trinajstić information content (AvgIpc) is 2.81. The van der Waals surface area contributed by atoms with Crippen LogP contribution in [-0.4, -0.2) is 13.4 Å². The first-order valence-electron chi connectivity index (χ1n) is 5.56. The molecule has 1 fully saturated rings. The Kier molecular flexibility index (Phi) is 3.57. The lowest BCUT2D eigenvalue weighted by molar-refractivity contribution is 0.412. The molecule has 1 saturated carbocycles. The van der Waals surface area contributed by atoms with Crippen molar-refractivity contribution < 1.29 is 4.74 Å². The summed E-state index contributed by atoms with van der Waals surface area (Å²) in [6, 6.07) is 6.64. The summed E-state index contributed by atoms with van der Waals surface area (Å²) < 4.78 is 5.34. The van der Waals surface area contributed by atoms with Crippen LogP contribution in [0.15, 0.2) is 23.1 Å². The maximum atomic E-state index is 5.34. The molecule has 0 N–H and O–H groups in total. The molecule has 0 spiro atoms.